The fourth-order valence-electron chi connectivity index (χ4n) is 2.68. The van der Waals surface area contributed by atoms with E-state index in [1.165, 1.54) is 12.1 Å². The van der Waals surface area contributed by atoms with E-state index in [4.69, 9.17) is 0 Å². The van der Waals surface area contributed by atoms with Crippen LogP contribution in [0.2, 0.25) is 0 Å². The molecule has 20 heavy (non-hydrogen) atoms. The zero-order valence-corrected chi connectivity index (χ0v) is 11.1. The van der Waals surface area contributed by atoms with Gasteiger partial charge in [0.2, 0.25) is 0 Å². The summed E-state index contributed by atoms with van der Waals surface area (Å²) < 4.78 is 15.5. The van der Waals surface area contributed by atoms with Crippen molar-refractivity contribution < 1.29 is 4.39 Å². The second kappa shape index (κ2) is 4.82. The molecule has 0 N–H and O–H groups in total. The predicted octanol–water partition coefficient (Wildman–Crippen LogP) is 4.34. The Morgan fingerprint density at radius 2 is 1.95 bits per heavy atom. The number of benzene rings is 2. The molecule has 0 atom stereocenters. The minimum Gasteiger partial charge on any atom is -0.340 e. The molecule has 0 bridgehead atoms. The first kappa shape index (κ1) is 12.4. The van der Waals surface area contributed by atoms with Gasteiger partial charge in [-0.3, -0.25) is 0 Å². The zero-order chi connectivity index (χ0) is 14.1. The van der Waals surface area contributed by atoms with Crippen molar-refractivity contribution in [2.24, 2.45) is 0 Å². The highest BCUT2D eigenvalue weighted by atomic mass is 19.1. The van der Waals surface area contributed by atoms with Gasteiger partial charge in [-0.2, -0.15) is 5.26 Å². The third-order valence-corrected chi connectivity index (χ3v) is 3.50. The molecular formula is C17H13FN2. The number of nitrogens with zero attached hydrogens (tertiary/aromatic N) is 2. The van der Waals surface area contributed by atoms with Gasteiger partial charge in [0.25, 0.3) is 0 Å². The summed E-state index contributed by atoms with van der Waals surface area (Å²) in [6.45, 7) is 2.75. The largest absolute Gasteiger partial charge is 0.340 e. The quantitative estimate of drug-likeness (QED) is 0.677. The molecule has 98 valence electrons. The maximum Gasteiger partial charge on any atom is 0.123 e. The van der Waals surface area contributed by atoms with E-state index in [-0.39, 0.29) is 5.82 Å². The van der Waals surface area contributed by atoms with Gasteiger partial charge in [-0.25, -0.2) is 4.39 Å². The Kier molecular flexibility index (Phi) is 3.00. The van der Waals surface area contributed by atoms with Crippen LogP contribution in [0.25, 0.3) is 22.2 Å². The topological polar surface area (TPSA) is 28.7 Å². The van der Waals surface area contributed by atoms with Crippen LogP contribution in [0.4, 0.5) is 4.39 Å². The van der Waals surface area contributed by atoms with Gasteiger partial charge >= 0.3 is 0 Å². The number of hydrogen-bond acceptors (Lipinski definition) is 1. The standard InChI is InChI=1S/C17H13FN2/c1-2-20-16-9-4-3-8-14(16)15(11-19)17(20)12-6-5-7-13(18)10-12/h3-10H,2H2,1H3. The minimum absolute atomic E-state index is 0.292. The number of halogens is 1. The van der Waals surface area contributed by atoms with Gasteiger partial charge in [-0.1, -0.05) is 30.3 Å². The molecule has 3 heteroatoms. The lowest BCUT2D eigenvalue weighted by Crippen LogP contribution is -1.97. The van der Waals surface area contributed by atoms with Crippen LogP contribution in [0, 0.1) is 17.1 Å². The highest BCUT2D eigenvalue weighted by Gasteiger charge is 2.17. The molecule has 0 aliphatic rings. The molecule has 2 nitrogen and oxygen atoms in total. The Bertz CT molecular complexity index is 825. The summed E-state index contributed by atoms with van der Waals surface area (Å²) in [5.74, 6) is -0.292. The molecule has 0 amide bonds. The Balaban J connectivity index is 2.43. The highest BCUT2D eigenvalue weighted by molar-refractivity contribution is 5.94. The van der Waals surface area contributed by atoms with Crippen LogP contribution < -0.4 is 0 Å². The van der Waals surface area contributed by atoms with E-state index in [2.05, 4.69) is 10.6 Å². The molecule has 1 aromatic heterocycles. The summed E-state index contributed by atoms with van der Waals surface area (Å²) in [7, 11) is 0. The fraction of sp³-hybridized carbons (Fsp3) is 0.118. The molecule has 0 saturated carbocycles. The van der Waals surface area contributed by atoms with Crippen molar-refractivity contribution >= 4 is 10.9 Å². The summed E-state index contributed by atoms with van der Waals surface area (Å²) in [6, 6.07) is 16.4. The number of nitriles is 1. The maximum atomic E-state index is 13.5. The molecule has 2 aromatic carbocycles. The summed E-state index contributed by atoms with van der Waals surface area (Å²) >= 11 is 0. The van der Waals surface area contributed by atoms with E-state index >= 15 is 0 Å². The first-order chi connectivity index (χ1) is 9.76. The number of aryl methyl sites for hydroxylation is 1. The smallest absolute Gasteiger partial charge is 0.123 e. The van der Waals surface area contributed by atoms with Gasteiger partial charge in [0, 0.05) is 23.0 Å². The number of fused-ring (bicyclic) bond motifs is 1. The van der Waals surface area contributed by atoms with Crippen LogP contribution >= 0.6 is 0 Å². The van der Waals surface area contributed by atoms with E-state index in [0.29, 0.717) is 5.56 Å². The van der Waals surface area contributed by atoms with E-state index in [0.717, 1.165) is 28.7 Å². The van der Waals surface area contributed by atoms with Crippen molar-refractivity contribution in [3.63, 3.8) is 0 Å². The van der Waals surface area contributed by atoms with Gasteiger partial charge in [0.05, 0.1) is 11.3 Å². The van der Waals surface area contributed by atoms with Crippen molar-refractivity contribution in [3.05, 3.63) is 59.9 Å². The molecule has 0 fully saturated rings. The van der Waals surface area contributed by atoms with Gasteiger partial charge in [0.15, 0.2) is 0 Å². The lowest BCUT2D eigenvalue weighted by Gasteiger charge is -2.08. The van der Waals surface area contributed by atoms with E-state index in [1.54, 1.807) is 6.07 Å². The molecule has 0 aliphatic heterocycles. The van der Waals surface area contributed by atoms with Crippen molar-refractivity contribution in [2.45, 2.75) is 13.5 Å². The van der Waals surface area contributed by atoms with Gasteiger partial charge in [-0.15, -0.1) is 0 Å². The molecule has 1 heterocycles. The van der Waals surface area contributed by atoms with Crippen LogP contribution in [0.15, 0.2) is 48.5 Å². The van der Waals surface area contributed by atoms with Crippen LogP contribution in [0.3, 0.4) is 0 Å². The average Bonchev–Trinajstić information content (AvgIpc) is 2.80. The molecule has 0 radical (unpaired) electrons. The average molecular weight is 264 g/mol. The van der Waals surface area contributed by atoms with E-state index in [9.17, 15) is 9.65 Å². The summed E-state index contributed by atoms with van der Waals surface area (Å²) in [4.78, 5) is 0. The molecule has 3 aromatic rings. The number of hydrogen-bond donors (Lipinski definition) is 0. The van der Waals surface area contributed by atoms with E-state index < -0.39 is 0 Å². The molecule has 0 aliphatic carbocycles. The molecule has 0 saturated heterocycles. The fourth-order valence-corrected chi connectivity index (χ4v) is 2.68. The number of para-hydroxylation sites is 1. The van der Waals surface area contributed by atoms with Crippen LogP contribution in [0.5, 0.6) is 0 Å². The van der Waals surface area contributed by atoms with Crippen LogP contribution in [-0.4, -0.2) is 4.57 Å². The molecule has 0 spiro atoms. The van der Waals surface area contributed by atoms with Crippen LogP contribution in [-0.2, 0) is 6.54 Å². The monoisotopic (exact) mass is 264 g/mol. The predicted molar refractivity (Wildman–Crippen MR) is 77.7 cm³/mol. The van der Waals surface area contributed by atoms with Gasteiger partial charge in [-0.05, 0) is 25.1 Å². The summed E-state index contributed by atoms with van der Waals surface area (Å²) in [6.07, 6.45) is 0. The maximum absolute atomic E-state index is 13.5. The Hall–Kier alpha value is -2.60. The lowest BCUT2D eigenvalue weighted by atomic mass is 10.1. The number of aromatic nitrogens is 1. The Morgan fingerprint density at radius 3 is 2.65 bits per heavy atom. The highest BCUT2D eigenvalue weighted by Crippen LogP contribution is 2.33. The molecule has 0 unspecified atom stereocenters. The third-order valence-electron chi connectivity index (χ3n) is 3.50. The SMILES string of the molecule is CCn1c(-c2cccc(F)c2)c(C#N)c2ccccc21. The molecule has 3 rings (SSSR count). The van der Waals surface area contributed by atoms with Crippen molar-refractivity contribution in [1.29, 1.82) is 5.26 Å². The van der Waals surface area contributed by atoms with Gasteiger partial charge < -0.3 is 4.57 Å². The Labute approximate surface area is 116 Å². The first-order valence-corrected chi connectivity index (χ1v) is 6.53. The third kappa shape index (κ3) is 1.78. The number of rotatable bonds is 2. The van der Waals surface area contributed by atoms with Gasteiger partial charge in [0.1, 0.15) is 11.9 Å². The normalized spacial score (nSPS) is 10.7. The second-order valence-electron chi connectivity index (χ2n) is 4.61. The first-order valence-electron chi connectivity index (χ1n) is 6.53. The lowest BCUT2D eigenvalue weighted by molar-refractivity contribution is 0.628. The molecular weight excluding hydrogens is 251 g/mol. The zero-order valence-electron chi connectivity index (χ0n) is 11.1. The minimum atomic E-state index is -0.292. The Morgan fingerprint density at radius 1 is 1.15 bits per heavy atom. The second-order valence-corrected chi connectivity index (χ2v) is 4.61. The van der Waals surface area contributed by atoms with Crippen molar-refractivity contribution in [3.8, 4) is 17.3 Å². The summed E-state index contributed by atoms with van der Waals surface area (Å²) in [5.41, 5.74) is 3.13. The van der Waals surface area contributed by atoms with Crippen LogP contribution in [0.1, 0.15) is 12.5 Å². The van der Waals surface area contributed by atoms with Crippen molar-refractivity contribution in [1.82, 2.24) is 4.57 Å². The van der Waals surface area contributed by atoms with Crippen molar-refractivity contribution in [2.75, 3.05) is 0 Å². The van der Waals surface area contributed by atoms with E-state index in [1.807, 2.05) is 37.3 Å². The summed E-state index contributed by atoms with van der Waals surface area (Å²) in [5, 5.41) is 10.4.